The molecule has 0 aromatic rings. The zero-order valence-electron chi connectivity index (χ0n) is 20.0. The van der Waals surface area contributed by atoms with Gasteiger partial charge in [-0.2, -0.15) is 0 Å². The smallest absolute Gasteiger partial charge is 0.407 e. The van der Waals surface area contributed by atoms with Crippen molar-refractivity contribution in [2.24, 2.45) is 16.7 Å². The summed E-state index contributed by atoms with van der Waals surface area (Å²) < 4.78 is 24.7. The Morgan fingerprint density at radius 1 is 1.19 bits per heavy atom. The summed E-state index contributed by atoms with van der Waals surface area (Å²) in [6.07, 6.45) is 5.83. The molecule has 4 aliphatic rings. The molecule has 3 aliphatic heterocycles. The largest absolute Gasteiger partial charge is 0.444 e. The number of ether oxygens (including phenoxy) is 4. The van der Waals surface area contributed by atoms with Gasteiger partial charge in [0.1, 0.15) is 5.60 Å². The van der Waals surface area contributed by atoms with Gasteiger partial charge in [-0.3, -0.25) is 4.79 Å². The Morgan fingerprint density at radius 3 is 2.65 bits per heavy atom. The number of esters is 1. The molecule has 0 radical (unpaired) electrons. The molecule has 176 valence electrons. The van der Waals surface area contributed by atoms with Crippen molar-refractivity contribution in [2.45, 2.75) is 116 Å². The normalized spacial score (nSPS) is 44.9. The molecule has 0 aromatic carbocycles. The first kappa shape index (κ1) is 22.8. The molecule has 6 atom stereocenters. The molecule has 2 bridgehead atoms. The summed E-state index contributed by atoms with van der Waals surface area (Å²) in [7, 11) is 0. The number of amides is 1. The van der Waals surface area contributed by atoms with E-state index in [-0.39, 0.29) is 22.9 Å². The molecule has 0 unspecified atom stereocenters. The molecular formula is C24H39NO6. The molecule has 4 fully saturated rings. The molecule has 7 nitrogen and oxygen atoms in total. The van der Waals surface area contributed by atoms with Crippen LogP contribution < -0.4 is 5.32 Å². The van der Waals surface area contributed by atoms with Gasteiger partial charge in [-0.05, 0) is 57.8 Å². The summed E-state index contributed by atoms with van der Waals surface area (Å²) in [4.78, 5) is 24.7. The minimum atomic E-state index is -0.923. The monoisotopic (exact) mass is 437 g/mol. The molecule has 1 aliphatic carbocycles. The molecule has 3 heterocycles. The van der Waals surface area contributed by atoms with E-state index in [9.17, 15) is 9.59 Å². The maximum absolute atomic E-state index is 12.6. The summed E-state index contributed by atoms with van der Waals surface area (Å²) in [5.41, 5.74) is -0.869. The van der Waals surface area contributed by atoms with Gasteiger partial charge in [0.2, 0.25) is 5.79 Å². The van der Waals surface area contributed by atoms with Gasteiger partial charge in [0.15, 0.2) is 5.79 Å². The van der Waals surface area contributed by atoms with Crippen molar-refractivity contribution in [2.75, 3.05) is 6.54 Å². The maximum Gasteiger partial charge on any atom is 0.407 e. The first-order valence-corrected chi connectivity index (χ1v) is 11.9. The lowest BCUT2D eigenvalue weighted by molar-refractivity contribution is -0.453. The van der Waals surface area contributed by atoms with Crippen molar-refractivity contribution in [3.8, 4) is 0 Å². The molecule has 1 saturated carbocycles. The average molecular weight is 438 g/mol. The van der Waals surface area contributed by atoms with Crippen LogP contribution in [0.25, 0.3) is 0 Å². The van der Waals surface area contributed by atoms with Crippen LogP contribution in [0.5, 0.6) is 0 Å². The lowest BCUT2D eigenvalue weighted by atomic mass is 9.49. The van der Waals surface area contributed by atoms with Crippen LogP contribution in [0.1, 0.15) is 92.9 Å². The van der Waals surface area contributed by atoms with Gasteiger partial charge in [-0.15, -0.1) is 0 Å². The summed E-state index contributed by atoms with van der Waals surface area (Å²) in [6.45, 7) is 12.5. The number of hydrogen-bond donors (Lipinski definition) is 1. The van der Waals surface area contributed by atoms with E-state index < -0.39 is 23.3 Å². The number of carbonyl (C=O) groups excluding carboxylic acids is 2. The Hall–Kier alpha value is -1.34. The summed E-state index contributed by atoms with van der Waals surface area (Å²) in [6, 6.07) is 0. The summed E-state index contributed by atoms with van der Waals surface area (Å²) >= 11 is 0. The Labute approximate surface area is 185 Å². The van der Waals surface area contributed by atoms with Gasteiger partial charge in [-0.1, -0.05) is 20.8 Å². The topological polar surface area (TPSA) is 83.1 Å². The second-order valence-corrected chi connectivity index (χ2v) is 11.8. The first-order chi connectivity index (χ1) is 14.3. The van der Waals surface area contributed by atoms with Crippen LogP contribution in [0.15, 0.2) is 0 Å². The van der Waals surface area contributed by atoms with Crippen LogP contribution in [-0.2, 0) is 23.7 Å². The minimum absolute atomic E-state index is 0.111. The number of carbonyl (C=O) groups is 2. The van der Waals surface area contributed by atoms with Gasteiger partial charge in [0.05, 0.1) is 12.5 Å². The van der Waals surface area contributed by atoms with E-state index in [4.69, 9.17) is 18.9 Å². The molecule has 4 rings (SSSR count). The third-order valence-corrected chi connectivity index (χ3v) is 8.16. The fourth-order valence-corrected chi connectivity index (χ4v) is 6.50. The van der Waals surface area contributed by atoms with E-state index in [1.807, 2.05) is 20.8 Å². The van der Waals surface area contributed by atoms with Crippen molar-refractivity contribution in [3.05, 3.63) is 0 Å². The van der Waals surface area contributed by atoms with Crippen LogP contribution >= 0.6 is 0 Å². The molecular weight excluding hydrogens is 398 g/mol. The highest BCUT2D eigenvalue weighted by molar-refractivity contribution is 5.72. The van der Waals surface area contributed by atoms with Crippen LogP contribution in [0, 0.1) is 16.7 Å². The highest BCUT2D eigenvalue weighted by Gasteiger charge is 2.71. The molecule has 31 heavy (non-hydrogen) atoms. The number of alkyl carbamates (subject to hydrolysis) is 1. The fraction of sp³-hybridized carbons (Fsp3) is 0.917. The lowest BCUT2D eigenvalue weighted by Crippen LogP contribution is -2.71. The van der Waals surface area contributed by atoms with E-state index in [2.05, 4.69) is 26.1 Å². The van der Waals surface area contributed by atoms with Gasteiger partial charge in [0, 0.05) is 31.2 Å². The molecule has 1 spiro atoms. The lowest BCUT2D eigenvalue weighted by Gasteiger charge is -2.67. The molecule has 1 N–H and O–H groups in total. The highest BCUT2D eigenvalue weighted by atomic mass is 16.8. The van der Waals surface area contributed by atoms with Gasteiger partial charge in [-0.25, -0.2) is 4.79 Å². The van der Waals surface area contributed by atoms with E-state index in [0.717, 1.165) is 38.5 Å². The SMILES string of the molecule is C[C@@H]1C[C@H](CNC(=O)OC(C)(C)C)O[C@]2(CC[C@@]3(C)[C@]4(C)CCC[C@]3(OC(=O)C4)O2)C1. The van der Waals surface area contributed by atoms with Gasteiger partial charge in [0.25, 0.3) is 0 Å². The number of rotatable bonds is 2. The van der Waals surface area contributed by atoms with Crippen molar-refractivity contribution >= 4 is 12.1 Å². The summed E-state index contributed by atoms with van der Waals surface area (Å²) in [5, 5.41) is 2.84. The minimum Gasteiger partial charge on any atom is -0.444 e. The zero-order valence-corrected chi connectivity index (χ0v) is 20.0. The third-order valence-electron chi connectivity index (χ3n) is 8.16. The molecule has 1 amide bonds. The predicted molar refractivity (Wildman–Crippen MR) is 114 cm³/mol. The predicted octanol–water partition coefficient (Wildman–Crippen LogP) is 4.67. The molecule has 0 aromatic heterocycles. The molecule has 7 heteroatoms. The van der Waals surface area contributed by atoms with Gasteiger partial charge >= 0.3 is 12.1 Å². The van der Waals surface area contributed by atoms with Crippen molar-refractivity contribution < 1.29 is 28.5 Å². The van der Waals surface area contributed by atoms with Crippen LogP contribution in [-0.4, -0.2) is 41.9 Å². The van der Waals surface area contributed by atoms with E-state index in [1.165, 1.54) is 0 Å². The number of hydrogen-bond acceptors (Lipinski definition) is 6. The van der Waals surface area contributed by atoms with Crippen molar-refractivity contribution in [3.63, 3.8) is 0 Å². The van der Waals surface area contributed by atoms with E-state index in [0.29, 0.717) is 25.3 Å². The number of nitrogens with one attached hydrogen (secondary N) is 1. The van der Waals surface area contributed by atoms with E-state index in [1.54, 1.807) is 0 Å². The third kappa shape index (κ3) is 3.97. The van der Waals surface area contributed by atoms with Crippen molar-refractivity contribution in [1.29, 1.82) is 0 Å². The second kappa shape index (κ2) is 7.34. The average Bonchev–Trinajstić information content (AvgIpc) is 2.59. The maximum atomic E-state index is 12.6. The molecule has 3 saturated heterocycles. The Bertz CT molecular complexity index is 749. The van der Waals surface area contributed by atoms with Gasteiger partial charge < -0.3 is 24.3 Å². The van der Waals surface area contributed by atoms with Crippen LogP contribution in [0.4, 0.5) is 4.79 Å². The fourth-order valence-electron chi connectivity index (χ4n) is 6.50. The van der Waals surface area contributed by atoms with Crippen LogP contribution in [0.2, 0.25) is 0 Å². The summed E-state index contributed by atoms with van der Waals surface area (Å²) in [5.74, 6) is -1.50. The quantitative estimate of drug-likeness (QED) is 0.632. The Morgan fingerprint density at radius 2 is 1.94 bits per heavy atom. The van der Waals surface area contributed by atoms with Crippen LogP contribution in [0.3, 0.4) is 0 Å². The van der Waals surface area contributed by atoms with Crippen molar-refractivity contribution in [1.82, 2.24) is 5.32 Å². The standard InChI is InChI=1S/C24H39NO6/c1-16-12-17(15-25-19(27)30-20(2,3)4)28-23(13-16)11-10-22(6)21(5)8-7-9-24(22,31-23)29-18(26)14-21/h16-17H,7-15H2,1-6H3,(H,25,27)/t16-,17-,21-,22+,23+,24+/m1/s1. The highest BCUT2D eigenvalue weighted by Crippen LogP contribution is 2.68. The zero-order chi connectivity index (χ0) is 22.7. The van der Waals surface area contributed by atoms with E-state index >= 15 is 0 Å². The Balaban J connectivity index is 1.50. The first-order valence-electron chi connectivity index (χ1n) is 11.9. The Kier molecular flexibility index (Phi) is 5.41. The second-order valence-electron chi connectivity index (χ2n) is 11.8.